The quantitative estimate of drug-likeness (QED) is 0.234. The van der Waals surface area contributed by atoms with Crippen LogP contribution in [0.2, 0.25) is 0 Å². The molecule has 0 aliphatic rings. The Kier molecular flexibility index (Phi) is 5.76. The smallest absolute Gasteiger partial charge is 0.262 e. The summed E-state index contributed by atoms with van der Waals surface area (Å²) in [5.41, 5.74) is 0. The molecule has 2 N–H and O–H groups in total. The van der Waals surface area contributed by atoms with Gasteiger partial charge in [0.25, 0.3) is 0 Å². The summed E-state index contributed by atoms with van der Waals surface area (Å²) in [4.78, 5) is 0. The predicted octanol–water partition coefficient (Wildman–Crippen LogP) is -2.38. The average Bonchev–Trinajstić information content (AvgIpc) is 1.57. The van der Waals surface area contributed by atoms with Gasteiger partial charge < -0.3 is 0 Å². The molecule has 0 saturated carbocycles. The summed E-state index contributed by atoms with van der Waals surface area (Å²) in [6.07, 6.45) is 0. The second kappa shape index (κ2) is 4.51. The lowest BCUT2D eigenvalue weighted by molar-refractivity contribution is -0.105. The van der Waals surface area contributed by atoms with Gasteiger partial charge in [-0.3, -0.25) is 9.11 Å². The minimum absolute atomic E-state index is 0. The first-order valence-corrected chi connectivity index (χ1v) is 4.26. The highest BCUT2D eigenvalue weighted by Crippen LogP contribution is 1.92. The Morgan fingerprint density at radius 2 is 1.00 bits per heavy atom. The second-order valence-corrected chi connectivity index (χ2v) is 2.97. The molecular formula is H4MgO8S2. The van der Waals surface area contributed by atoms with Crippen LogP contribution in [0.5, 0.6) is 0 Å². The van der Waals surface area contributed by atoms with Crippen LogP contribution in [-0.4, -0.2) is 49.0 Å². The zero-order valence-electron chi connectivity index (χ0n) is 4.16. The third kappa shape index (κ3) is 13.5. The molecule has 0 saturated heterocycles. The van der Waals surface area contributed by atoms with Gasteiger partial charge in [-0.05, 0) is 0 Å². The Morgan fingerprint density at radius 1 is 0.818 bits per heavy atom. The standard InChI is InChI=1S/Mg.H2O8S2.2H/c;1-9(2,3)7-8-10(4,5)6;;/h;(H,1,2,3)(H,4,5,6);;. The molecule has 0 spiro atoms. The van der Waals surface area contributed by atoms with Gasteiger partial charge in [0.2, 0.25) is 0 Å². The van der Waals surface area contributed by atoms with Gasteiger partial charge in [-0.15, -0.1) is 0 Å². The van der Waals surface area contributed by atoms with E-state index in [2.05, 4.69) is 8.67 Å². The first kappa shape index (κ1) is 14.1. The van der Waals surface area contributed by atoms with E-state index in [0.29, 0.717) is 0 Å². The Morgan fingerprint density at radius 3 is 1.09 bits per heavy atom. The molecule has 0 radical (unpaired) electrons. The van der Waals surface area contributed by atoms with E-state index in [-0.39, 0.29) is 23.1 Å². The molecule has 0 aliphatic heterocycles. The Balaban J connectivity index is 0. The summed E-state index contributed by atoms with van der Waals surface area (Å²) in [6.45, 7) is 0. The average molecular weight is 220 g/mol. The maximum Gasteiger partial charge on any atom is 0.425 e. The molecule has 11 heavy (non-hydrogen) atoms. The van der Waals surface area contributed by atoms with Gasteiger partial charge in [0.05, 0.1) is 0 Å². The zero-order chi connectivity index (χ0) is 8.41. The van der Waals surface area contributed by atoms with Crippen LogP contribution in [0.15, 0.2) is 0 Å². The van der Waals surface area contributed by atoms with E-state index in [4.69, 9.17) is 9.11 Å². The highest BCUT2D eigenvalue weighted by atomic mass is 32.3. The largest absolute Gasteiger partial charge is 0.425 e. The highest BCUT2D eigenvalue weighted by molar-refractivity contribution is 7.83. The zero-order valence-corrected chi connectivity index (χ0v) is 5.79. The van der Waals surface area contributed by atoms with Crippen molar-refractivity contribution in [3.63, 3.8) is 0 Å². The first-order valence-electron chi connectivity index (χ1n) is 1.53. The number of hydrogen-bond acceptors (Lipinski definition) is 6. The third-order valence-corrected chi connectivity index (χ3v) is 0.766. The van der Waals surface area contributed by atoms with E-state index in [1.165, 1.54) is 0 Å². The summed E-state index contributed by atoms with van der Waals surface area (Å²) in [6, 6.07) is 0. The molecule has 0 aromatic heterocycles. The lowest BCUT2D eigenvalue weighted by Crippen LogP contribution is -2.10. The van der Waals surface area contributed by atoms with Crippen LogP contribution in [-0.2, 0) is 29.5 Å². The van der Waals surface area contributed by atoms with Gasteiger partial charge in [-0.1, -0.05) is 8.67 Å². The molecule has 0 bridgehead atoms. The van der Waals surface area contributed by atoms with E-state index in [0.717, 1.165) is 0 Å². The molecule has 0 rings (SSSR count). The van der Waals surface area contributed by atoms with Gasteiger partial charge in [0.1, 0.15) is 0 Å². The number of hydrogen-bond donors (Lipinski definition) is 2. The van der Waals surface area contributed by atoms with Gasteiger partial charge in [0.15, 0.2) is 0 Å². The van der Waals surface area contributed by atoms with Crippen molar-refractivity contribution < 1.29 is 34.6 Å². The summed E-state index contributed by atoms with van der Waals surface area (Å²) < 4.78 is 58.9. The molecule has 11 heteroatoms. The van der Waals surface area contributed by atoms with Crippen molar-refractivity contribution in [1.82, 2.24) is 0 Å². The SMILES string of the molecule is O=S(=O)(O)OOS(=O)(=O)O.[MgH2]. The van der Waals surface area contributed by atoms with Gasteiger partial charge in [-0.25, -0.2) is 0 Å². The third-order valence-electron chi connectivity index (χ3n) is 0.200. The van der Waals surface area contributed by atoms with Crippen molar-refractivity contribution in [1.29, 1.82) is 0 Å². The monoisotopic (exact) mass is 220 g/mol. The summed E-state index contributed by atoms with van der Waals surface area (Å²) in [7, 11) is -10.0. The van der Waals surface area contributed by atoms with E-state index >= 15 is 0 Å². The molecule has 0 aliphatic carbocycles. The molecule has 0 aromatic carbocycles. The second-order valence-electron chi connectivity index (χ2n) is 0.992. The fourth-order valence-electron chi connectivity index (χ4n) is 0.0702. The Bertz CT molecular complexity index is 248. The molecule has 0 atom stereocenters. The van der Waals surface area contributed by atoms with Crippen LogP contribution in [0.1, 0.15) is 0 Å². The van der Waals surface area contributed by atoms with Crippen LogP contribution in [0, 0.1) is 0 Å². The molecule has 66 valence electrons. The normalized spacial score (nSPS) is 12.2. The van der Waals surface area contributed by atoms with Crippen LogP contribution in [0.25, 0.3) is 0 Å². The maximum atomic E-state index is 9.51. The molecule has 0 aromatic rings. The number of rotatable bonds is 3. The van der Waals surface area contributed by atoms with Crippen molar-refractivity contribution in [2.24, 2.45) is 0 Å². The van der Waals surface area contributed by atoms with Crippen LogP contribution in [0.3, 0.4) is 0 Å². The van der Waals surface area contributed by atoms with Gasteiger partial charge >= 0.3 is 43.9 Å². The molecule has 8 nitrogen and oxygen atoms in total. The fourth-order valence-corrected chi connectivity index (χ4v) is 0.632. The summed E-state index contributed by atoms with van der Waals surface area (Å²) in [5, 5.41) is 0. The van der Waals surface area contributed by atoms with E-state index in [9.17, 15) is 16.8 Å². The minimum atomic E-state index is -5.02. The summed E-state index contributed by atoms with van der Waals surface area (Å²) >= 11 is 0. The minimum Gasteiger partial charge on any atom is -0.262 e. The van der Waals surface area contributed by atoms with Crippen molar-refractivity contribution in [3.05, 3.63) is 0 Å². The summed E-state index contributed by atoms with van der Waals surface area (Å²) in [5.74, 6) is 0. The highest BCUT2D eigenvalue weighted by Gasteiger charge is 2.13. The van der Waals surface area contributed by atoms with Crippen LogP contribution >= 0.6 is 0 Å². The van der Waals surface area contributed by atoms with Crippen molar-refractivity contribution in [2.75, 3.05) is 0 Å². The van der Waals surface area contributed by atoms with Gasteiger partial charge in [0, 0.05) is 0 Å². The molecular weight excluding hydrogens is 216 g/mol. The van der Waals surface area contributed by atoms with Crippen LogP contribution < -0.4 is 0 Å². The Labute approximate surface area is 78.5 Å². The fraction of sp³-hybridized carbons (Fsp3) is 0. The Hall–Kier alpha value is 0.506. The van der Waals surface area contributed by atoms with E-state index in [1.54, 1.807) is 0 Å². The lowest BCUT2D eigenvalue weighted by Gasteiger charge is -1.92. The first-order chi connectivity index (χ1) is 4.21. The topological polar surface area (TPSA) is 127 Å². The molecule has 0 heterocycles. The van der Waals surface area contributed by atoms with Crippen molar-refractivity contribution >= 4 is 43.9 Å². The molecule has 0 fully saturated rings. The van der Waals surface area contributed by atoms with Crippen LogP contribution in [0.4, 0.5) is 0 Å². The van der Waals surface area contributed by atoms with Gasteiger partial charge in [-0.2, -0.15) is 16.8 Å². The van der Waals surface area contributed by atoms with E-state index in [1.807, 2.05) is 0 Å². The lowest BCUT2D eigenvalue weighted by atomic mass is 14.9. The van der Waals surface area contributed by atoms with E-state index < -0.39 is 20.8 Å². The van der Waals surface area contributed by atoms with Crippen molar-refractivity contribution in [3.8, 4) is 0 Å². The molecule has 0 amide bonds. The van der Waals surface area contributed by atoms with Crippen molar-refractivity contribution in [2.45, 2.75) is 0 Å². The molecule has 0 unspecified atom stereocenters. The predicted molar refractivity (Wildman–Crippen MR) is 33.8 cm³/mol. The maximum absolute atomic E-state index is 9.51.